The van der Waals surface area contributed by atoms with Gasteiger partial charge in [-0.05, 0) is 48.7 Å². The Balaban J connectivity index is 1.73. The molecule has 0 bridgehead atoms. The van der Waals surface area contributed by atoms with E-state index in [0.717, 1.165) is 38.3 Å². The molecule has 1 heterocycles. The van der Waals surface area contributed by atoms with Crippen LogP contribution in [0.15, 0.2) is 42.5 Å². The van der Waals surface area contributed by atoms with Crippen molar-refractivity contribution in [1.29, 1.82) is 0 Å². The molecule has 1 aliphatic rings. The standard InChI is InChI=1S/C19H25N3/c1-3-16-14-18(13-15(2)19(16)20)22-11-9-21(10-12-22)17-7-5-4-6-8-17/h4-8,13-14H,3,9-12,20H2,1-2H3. The maximum atomic E-state index is 6.16. The minimum Gasteiger partial charge on any atom is -0.398 e. The molecule has 2 aromatic carbocycles. The highest BCUT2D eigenvalue weighted by Gasteiger charge is 2.18. The number of piperazine rings is 1. The molecule has 0 atom stereocenters. The molecule has 0 saturated carbocycles. The molecule has 0 amide bonds. The highest BCUT2D eigenvalue weighted by atomic mass is 15.3. The summed E-state index contributed by atoms with van der Waals surface area (Å²) in [6.45, 7) is 8.52. The van der Waals surface area contributed by atoms with E-state index in [4.69, 9.17) is 5.73 Å². The Morgan fingerprint density at radius 1 is 0.909 bits per heavy atom. The van der Waals surface area contributed by atoms with Crippen LogP contribution in [-0.4, -0.2) is 26.2 Å². The van der Waals surface area contributed by atoms with Crippen molar-refractivity contribution in [2.75, 3.05) is 41.7 Å². The molecule has 3 heteroatoms. The summed E-state index contributed by atoms with van der Waals surface area (Å²) in [7, 11) is 0. The minimum absolute atomic E-state index is 0.953. The Labute approximate surface area is 133 Å². The van der Waals surface area contributed by atoms with Crippen LogP contribution in [0.5, 0.6) is 0 Å². The number of hydrogen-bond donors (Lipinski definition) is 1. The van der Waals surface area contributed by atoms with Crippen LogP contribution in [0.3, 0.4) is 0 Å². The molecule has 0 unspecified atom stereocenters. The zero-order chi connectivity index (χ0) is 15.5. The summed E-state index contributed by atoms with van der Waals surface area (Å²) >= 11 is 0. The van der Waals surface area contributed by atoms with Gasteiger partial charge >= 0.3 is 0 Å². The molecule has 0 aromatic heterocycles. The van der Waals surface area contributed by atoms with E-state index in [2.05, 4.69) is 66.1 Å². The number of nitrogens with two attached hydrogens (primary N) is 1. The van der Waals surface area contributed by atoms with E-state index in [1.165, 1.54) is 22.5 Å². The third-order valence-corrected chi connectivity index (χ3v) is 4.60. The number of benzene rings is 2. The molecule has 1 fully saturated rings. The Bertz CT molecular complexity index is 629. The highest BCUT2D eigenvalue weighted by Crippen LogP contribution is 2.27. The zero-order valence-corrected chi connectivity index (χ0v) is 13.5. The molecule has 2 N–H and O–H groups in total. The SMILES string of the molecule is CCc1cc(N2CCN(c3ccccc3)CC2)cc(C)c1N. The number of anilines is 3. The summed E-state index contributed by atoms with van der Waals surface area (Å²) in [5, 5.41) is 0. The molecule has 1 saturated heterocycles. The van der Waals surface area contributed by atoms with Gasteiger partial charge in [0.05, 0.1) is 0 Å². The number of hydrogen-bond acceptors (Lipinski definition) is 3. The van der Waals surface area contributed by atoms with Gasteiger partial charge in [0.1, 0.15) is 0 Å². The Kier molecular flexibility index (Phi) is 4.23. The van der Waals surface area contributed by atoms with Crippen LogP contribution >= 0.6 is 0 Å². The van der Waals surface area contributed by atoms with E-state index in [0.29, 0.717) is 0 Å². The third kappa shape index (κ3) is 2.89. The summed E-state index contributed by atoms with van der Waals surface area (Å²) in [6.07, 6.45) is 0.991. The molecule has 2 aromatic rings. The summed E-state index contributed by atoms with van der Waals surface area (Å²) in [5.41, 5.74) is 12.2. The summed E-state index contributed by atoms with van der Waals surface area (Å²) in [5.74, 6) is 0. The second kappa shape index (κ2) is 6.30. The van der Waals surface area contributed by atoms with Crippen LogP contribution in [0.4, 0.5) is 17.1 Å². The van der Waals surface area contributed by atoms with Crippen LogP contribution in [0.1, 0.15) is 18.1 Å². The number of para-hydroxylation sites is 1. The van der Waals surface area contributed by atoms with E-state index in [9.17, 15) is 0 Å². The molecular weight excluding hydrogens is 270 g/mol. The average molecular weight is 295 g/mol. The first kappa shape index (κ1) is 14.8. The van der Waals surface area contributed by atoms with E-state index in [1.54, 1.807) is 0 Å². The lowest BCUT2D eigenvalue weighted by atomic mass is 10.0. The van der Waals surface area contributed by atoms with Crippen molar-refractivity contribution in [3.05, 3.63) is 53.6 Å². The molecule has 1 aliphatic heterocycles. The van der Waals surface area contributed by atoms with Gasteiger partial charge in [0.15, 0.2) is 0 Å². The lowest BCUT2D eigenvalue weighted by Crippen LogP contribution is -2.46. The molecule has 22 heavy (non-hydrogen) atoms. The largest absolute Gasteiger partial charge is 0.398 e. The van der Waals surface area contributed by atoms with Gasteiger partial charge in [0, 0.05) is 43.2 Å². The van der Waals surface area contributed by atoms with Crippen molar-refractivity contribution < 1.29 is 0 Å². The molecule has 0 spiro atoms. The molecule has 116 valence electrons. The van der Waals surface area contributed by atoms with Crippen molar-refractivity contribution in [2.24, 2.45) is 0 Å². The van der Waals surface area contributed by atoms with Crippen molar-refractivity contribution in [3.63, 3.8) is 0 Å². The maximum Gasteiger partial charge on any atom is 0.0377 e. The van der Waals surface area contributed by atoms with Gasteiger partial charge in [-0.2, -0.15) is 0 Å². The first-order chi connectivity index (χ1) is 10.7. The monoisotopic (exact) mass is 295 g/mol. The Morgan fingerprint density at radius 2 is 1.50 bits per heavy atom. The van der Waals surface area contributed by atoms with Crippen LogP contribution in [0, 0.1) is 6.92 Å². The normalized spacial score (nSPS) is 15.2. The summed E-state index contributed by atoms with van der Waals surface area (Å²) in [6, 6.07) is 15.2. The van der Waals surface area contributed by atoms with Gasteiger partial charge in [-0.25, -0.2) is 0 Å². The second-order valence-electron chi connectivity index (χ2n) is 6.00. The van der Waals surface area contributed by atoms with Crippen LogP contribution < -0.4 is 15.5 Å². The van der Waals surface area contributed by atoms with Crippen LogP contribution in [0.25, 0.3) is 0 Å². The smallest absolute Gasteiger partial charge is 0.0377 e. The fraction of sp³-hybridized carbons (Fsp3) is 0.368. The Hall–Kier alpha value is -2.16. The van der Waals surface area contributed by atoms with Crippen molar-refractivity contribution in [1.82, 2.24) is 0 Å². The predicted molar refractivity (Wildman–Crippen MR) is 95.8 cm³/mol. The summed E-state index contributed by atoms with van der Waals surface area (Å²) < 4.78 is 0. The van der Waals surface area contributed by atoms with Gasteiger partial charge in [0.25, 0.3) is 0 Å². The molecule has 3 rings (SSSR count). The van der Waals surface area contributed by atoms with Gasteiger partial charge in [-0.3, -0.25) is 0 Å². The quantitative estimate of drug-likeness (QED) is 0.880. The topological polar surface area (TPSA) is 32.5 Å². The fourth-order valence-corrected chi connectivity index (χ4v) is 3.19. The maximum absolute atomic E-state index is 6.16. The number of aryl methyl sites for hydroxylation is 2. The first-order valence-electron chi connectivity index (χ1n) is 8.13. The second-order valence-corrected chi connectivity index (χ2v) is 6.00. The average Bonchev–Trinajstić information content (AvgIpc) is 2.58. The van der Waals surface area contributed by atoms with Gasteiger partial charge in [0.2, 0.25) is 0 Å². The highest BCUT2D eigenvalue weighted by molar-refractivity contribution is 5.64. The lowest BCUT2D eigenvalue weighted by Gasteiger charge is -2.37. The van der Waals surface area contributed by atoms with E-state index in [1.807, 2.05) is 0 Å². The fourth-order valence-electron chi connectivity index (χ4n) is 3.19. The van der Waals surface area contributed by atoms with Crippen molar-refractivity contribution in [3.8, 4) is 0 Å². The summed E-state index contributed by atoms with van der Waals surface area (Å²) in [4.78, 5) is 4.94. The first-order valence-corrected chi connectivity index (χ1v) is 8.13. The molecule has 0 radical (unpaired) electrons. The van der Waals surface area contributed by atoms with Gasteiger partial charge < -0.3 is 15.5 Å². The van der Waals surface area contributed by atoms with E-state index < -0.39 is 0 Å². The van der Waals surface area contributed by atoms with Crippen LogP contribution in [-0.2, 0) is 6.42 Å². The number of rotatable bonds is 3. The van der Waals surface area contributed by atoms with Gasteiger partial charge in [-0.15, -0.1) is 0 Å². The number of nitrogens with zero attached hydrogens (tertiary/aromatic N) is 2. The van der Waals surface area contributed by atoms with Crippen LogP contribution in [0.2, 0.25) is 0 Å². The third-order valence-electron chi connectivity index (χ3n) is 4.60. The molecule has 0 aliphatic carbocycles. The lowest BCUT2D eigenvalue weighted by molar-refractivity contribution is 0.653. The number of nitrogen functional groups attached to an aromatic ring is 1. The Morgan fingerprint density at radius 3 is 2.09 bits per heavy atom. The molecular formula is C19H25N3. The predicted octanol–water partition coefficient (Wildman–Crippen LogP) is 3.47. The van der Waals surface area contributed by atoms with Gasteiger partial charge in [-0.1, -0.05) is 25.1 Å². The van der Waals surface area contributed by atoms with Crippen molar-refractivity contribution in [2.45, 2.75) is 20.3 Å². The molecule has 3 nitrogen and oxygen atoms in total. The van der Waals surface area contributed by atoms with E-state index >= 15 is 0 Å². The van der Waals surface area contributed by atoms with E-state index in [-0.39, 0.29) is 0 Å². The van der Waals surface area contributed by atoms with Crippen molar-refractivity contribution >= 4 is 17.1 Å². The minimum atomic E-state index is 0.953. The zero-order valence-electron chi connectivity index (χ0n) is 13.5.